The van der Waals surface area contributed by atoms with Crippen LogP contribution in [-0.2, 0) is 11.4 Å². The number of carbonyl (C=O) groups is 1. The molecule has 1 saturated heterocycles. The topological polar surface area (TPSA) is 49.3 Å². The summed E-state index contributed by atoms with van der Waals surface area (Å²) in [6.45, 7) is -0.0458. The maximum atomic E-state index is 11.9. The first kappa shape index (κ1) is 11.5. The SMILES string of the molecule is O=C(Nc1ccccc1CO)C1CCSC1. The molecule has 0 bridgehead atoms. The minimum Gasteiger partial charge on any atom is -0.392 e. The molecule has 3 nitrogen and oxygen atoms in total. The van der Waals surface area contributed by atoms with Gasteiger partial charge in [-0.3, -0.25) is 4.79 Å². The first-order valence-electron chi connectivity index (χ1n) is 5.38. The number of rotatable bonds is 3. The third kappa shape index (κ3) is 2.57. The molecule has 1 heterocycles. The van der Waals surface area contributed by atoms with Gasteiger partial charge in [-0.2, -0.15) is 11.8 Å². The highest BCUT2D eigenvalue weighted by atomic mass is 32.2. The average molecular weight is 237 g/mol. The van der Waals surface area contributed by atoms with Gasteiger partial charge in [0.15, 0.2) is 0 Å². The largest absolute Gasteiger partial charge is 0.392 e. The Hall–Kier alpha value is -1.00. The number of hydrogen-bond donors (Lipinski definition) is 2. The Morgan fingerprint density at radius 1 is 1.50 bits per heavy atom. The maximum absolute atomic E-state index is 11.9. The van der Waals surface area contributed by atoms with Crippen LogP contribution in [0.25, 0.3) is 0 Å². The van der Waals surface area contributed by atoms with Crippen molar-refractivity contribution in [2.45, 2.75) is 13.0 Å². The lowest BCUT2D eigenvalue weighted by Gasteiger charge is -2.12. The predicted molar refractivity (Wildman–Crippen MR) is 66.4 cm³/mol. The standard InChI is InChI=1S/C12H15NO2S/c14-7-9-3-1-2-4-11(9)13-12(15)10-5-6-16-8-10/h1-4,10,14H,5-8H2,(H,13,15). The summed E-state index contributed by atoms with van der Waals surface area (Å²) in [7, 11) is 0. The number of benzene rings is 1. The number of carbonyl (C=O) groups excluding carboxylic acids is 1. The maximum Gasteiger partial charge on any atom is 0.228 e. The Balaban J connectivity index is 2.05. The molecular formula is C12H15NO2S. The van der Waals surface area contributed by atoms with E-state index < -0.39 is 0 Å². The lowest BCUT2D eigenvalue weighted by atomic mass is 10.1. The van der Waals surface area contributed by atoms with Crippen molar-refractivity contribution in [1.29, 1.82) is 0 Å². The number of aliphatic hydroxyl groups is 1. The molecule has 0 radical (unpaired) electrons. The van der Waals surface area contributed by atoms with Crippen LogP contribution < -0.4 is 5.32 Å². The molecule has 1 atom stereocenters. The van der Waals surface area contributed by atoms with Gasteiger partial charge in [-0.1, -0.05) is 18.2 Å². The highest BCUT2D eigenvalue weighted by molar-refractivity contribution is 7.99. The summed E-state index contributed by atoms with van der Waals surface area (Å²) in [5.74, 6) is 2.18. The molecule has 1 aromatic carbocycles. The van der Waals surface area contributed by atoms with Gasteiger partial charge in [-0.05, 0) is 18.2 Å². The van der Waals surface area contributed by atoms with Crippen molar-refractivity contribution in [1.82, 2.24) is 0 Å². The van der Waals surface area contributed by atoms with Gasteiger partial charge in [-0.15, -0.1) is 0 Å². The van der Waals surface area contributed by atoms with Crippen LogP contribution in [0.4, 0.5) is 5.69 Å². The molecule has 1 amide bonds. The Morgan fingerprint density at radius 2 is 2.31 bits per heavy atom. The third-order valence-corrected chi connectivity index (χ3v) is 3.91. The van der Waals surface area contributed by atoms with Gasteiger partial charge in [-0.25, -0.2) is 0 Å². The van der Waals surface area contributed by atoms with Crippen molar-refractivity contribution in [3.05, 3.63) is 29.8 Å². The smallest absolute Gasteiger partial charge is 0.228 e. The first-order valence-corrected chi connectivity index (χ1v) is 6.54. The lowest BCUT2D eigenvalue weighted by molar-refractivity contribution is -0.119. The highest BCUT2D eigenvalue weighted by Crippen LogP contribution is 2.25. The Morgan fingerprint density at radius 3 is 3.00 bits per heavy atom. The van der Waals surface area contributed by atoms with E-state index in [2.05, 4.69) is 5.32 Å². The zero-order valence-corrected chi connectivity index (χ0v) is 9.80. The summed E-state index contributed by atoms with van der Waals surface area (Å²) in [5, 5.41) is 12.0. The summed E-state index contributed by atoms with van der Waals surface area (Å²) >= 11 is 1.82. The van der Waals surface area contributed by atoms with Crippen molar-refractivity contribution in [2.24, 2.45) is 5.92 Å². The number of anilines is 1. The highest BCUT2D eigenvalue weighted by Gasteiger charge is 2.23. The molecule has 1 aliphatic rings. The first-order chi connectivity index (χ1) is 7.81. The summed E-state index contributed by atoms with van der Waals surface area (Å²) < 4.78 is 0. The van der Waals surface area contributed by atoms with Crippen LogP contribution in [0.1, 0.15) is 12.0 Å². The van der Waals surface area contributed by atoms with Crippen LogP contribution in [-0.4, -0.2) is 22.5 Å². The van der Waals surface area contributed by atoms with E-state index in [0.29, 0.717) is 0 Å². The molecule has 0 aliphatic carbocycles. The van der Waals surface area contributed by atoms with Gasteiger partial charge >= 0.3 is 0 Å². The van der Waals surface area contributed by atoms with Crippen molar-refractivity contribution in [3.63, 3.8) is 0 Å². The predicted octanol–water partition coefficient (Wildman–Crippen LogP) is 1.87. The zero-order chi connectivity index (χ0) is 11.4. The summed E-state index contributed by atoms with van der Waals surface area (Å²) in [4.78, 5) is 11.9. The van der Waals surface area contributed by atoms with E-state index in [9.17, 15) is 4.79 Å². The molecule has 0 aromatic heterocycles. The minimum absolute atomic E-state index is 0.0458. The quantitative estimate of drug-likeness (QED) is 0.843. The van der Waals surface area contributed by atoms with Gasteiger partial charge in [0.2, 0.25) is 5.91 Å². The van der Waals surface area contributed by atoms with E-state index in [0.717, 1.165) is 29.2 Å². The van der Waals surface area contributed by atoms with Crippen molar-refractivity contribution < 1.29 is 9.90 Å². The fourth-order valence-electron chi connectivity index (χ4n) is 1.76. The van der Waals surface area contributed by atoms with Crippen molar-refractivity contribution >= 4 is 23.4 Å². The summed E-state index contributed by atoms with van der Waals surface area (Å²) in [6, 6.07) is 7.36. The second kappa shape index (κ2) is 5.37. The zero-order valence-electron chi connectivity index (χ0n) is 8.98. The number of hydrogen-bond acceptors (Lipinski definition) is 3. The second-order valence-electron chi connectivity index (χ2n) is 3.87. The van der Waals surface area contributed by atoms with Gasteiger partial charge in [0.25, 0.3) is 0 Å². The van der Waals surface area contributed by atoms with Crippen LogP contribution in [0, 0.1) is 5.92 Å². The van der Waals surface area contributed by atoms with Gasteiger partial charge in [0, 0.05) is 22.9 Å². The molecule has 1 unspecified atom stereocenters. The monoisotopic (exact) mass is 237 g/mol. The van der Waals surface area contributed by atoms with Crippen LogP contribution in [0.5, 0.6) is 0 Å². The van der Waals surface area contributed by atoms with E-state index in [1.54, 1.807) is 0 Å². The number of thioether (sulfide) groups is 1. The van der Waals surface area contributed by atoms with Crippen LogP contribution in [0.2, 0.25) is 0 Å². The molecule has 2 N–H and O–H groups in total. The van der Waals surface area contributed by atoms with E-state index in [1.165, 1.54) is 0 Å². The molecule has 1 aliphatic heterocycles. The molecule has 86 valence electrons. The lowest BCUT2D eigenvalue weighted by Crippen LogP contribution is -2.22. The second-order valence-corrected chi connectivity index (χ2v) is 5.01. The Labute approximate surface area is 99.2 Å². The Kier molecular flexibility index (Phi) is 3.85. The molecule has 1 aromatic rings. The van der Waals surface area contributed by atoms with E-state index >= 15 is 0 Å². The van der Waals surface area contributed by atoms with Crippen LogP contribution in [0.15, 0.2) is 24.3 Å². The average Bonchev–Trinajstić information content (AvgIpc) is 2.83. The van der Waals surface area contributed by atoms with Gasteiger partial charge in [0.1, 0.15) is 0 Å². The van der Waals surface area contributed by atoms with Crippen molar-refractivity contribution in [2.75, 3.05) is 16.8 Å². The number of aliphatic hydroxyl groups excluding tert-OH is 1. The number of para-hydroxylation sites is 1. The summed E-state index contributed by atoms with van der Waals surface area (Å²) in [5.41, 5.74) is 1.49. The van der Waals surface area contributed by atoms with E-state index in [4.69, 9.17) is 5.11 Å². The van der Waals surface area contributed by atoms with E-state index in [1.807, 2.05) is 36.0 Å². The minimum atomic E-state index is -0.0458. The molecule has 0 spiro atoms. The third-order valence-electron chi connectivity index (χ3n) is 2.75. The normalized spacial score (nSPS) is 19.7. The van der Waals surface area contributed by atoms with Crippen LogP contribution >= 0.6 is 11.8 Å². The molecule has 16 heavy (non-hydrogen) atoms. The number of amides is 1. The van der Waals surface area contributed by atoms with Crippen LogP contribution in [0.3, 0.4) is 0 Å². The van der Waals surface area contributed by atoms with Crippen molar-refractivity contribution in [3.8, 4) is 0 Å². The molecule has 1 fully saturated rings. The molecule has 4 heteroatoms. The Bertz CT molecular complexity index is 375. The molecular weight excluding hydrogens is 222 g/mol. The number of nitrogens with one attached hydrogen (secondary N) is 1. The fraction of sp³-hybridized carbons (Fsp3) is 0.417. The summed E-state index contributed by atoms with van der Waals surface area (Å²) in [6.07, 6.45) is 0.956. The molecule has 0 saturated carbocycles. The van der Waals surface area contributed by atoms with Gasteiger partial charge in [0.05, 0.1) is 6.61 Å². The fourth-order valence-corrected chi connectivity index (χ4v) is 2.98. The van der Waals surface area contributed by atoms with E-state index in [-0.39, 0.29) is 18.4 Å². The molecule has 2 rings (SSSR count). The van der Waals surface area contributed by atoms with Gasteiger partial charge < -0.3 is 10.4 Å².